The van der Waals surface area contributed by atoms with Gasteiger partial charge in [-0.1, -0.05) is 11.6 Å². The van der Waals surface area contributed by atoms with Gasteiger partial charge >= 0.3 is 0 Å². The number of carbonyl (C=O) groups excluding carboxylic acids is 1. The van der Waals surface area contributed by atoms with Crippen molar-refractivity contribution in [2.24, 2.45) is 5.14 Å². The third-order valence-corrected chi connectivity index (χ3v) is 3.15. The van der Waals surface area contributed by atoms with Gasteiger partial charge in [-0.25, -0.2) is 13.6 Å². The molecule has 0 unspecified atom stereocenters. The molecule has 1 rings (SSSR count). The first kappa shape index (κ1) is 14.5. The number of hydrogen-bond donors (Lipinski definition) is 3. The molecule has 18 heavy (non-hydrogen) atoms. The van der Waals surface area contributed by atoms with Crippen LogP contribution in [0, 0.1) is 6.92 Å². The van der Waals surface area contributed by atoms with E-state index < -0.39 is 15.9 Å². The predicted octanol–water partition coefficient (Wildman–Crippen LogP) is 0.109. The van der Waals surface area contributed by atoms with E-state index in [0.29, 0.717) is 0 Å². The molecule has 1 aromatic rings. The molecule has 100 valence electrons. The number of primary sulfonamides is 1. The molecule has 7 heteroatoms. The summed E-state index contributed by atoms with van der Waals surface area (Å²) in [6.07, 6.45) is 0.233. The van der Waals surface area contributed by atoms with Crippen LogP contribution in [0.4, 0.5) is 0 Å². The molecule has 0 saturated heterocycles. The minimum atomic E-state index is -3.50. The lowest BCUT2D eigenvalue weighted by molar-refractivity contribution is 0.0951. The fraction of sp³-hybridized carbons (Fsp3) is 0.364. The van der Waals surface area contributed by atoms with Crippen molar-refractivity contribution in [1.29, 1.82) is 0 Å². The van der Waals surface area contributed by atoms with Crippen molar-refractivity contribution in [2.45, 2.75) is 13.3 Å². The summed E-state index contributed by atoms with van der Waals surface area (Å²) < 4.78 is 21.3. The molecule has 0 aliphatic carbocycles. The first-order valence-electron chi connectivity index (χ1n) is 5.38. The molecule has 0 atom stereocenters. The zero-order chi connectivity index (χ0) is 13.8. The summed E-state index contributed by atoms with van der Waals surface area (Å²) in [6, 6.07) is 4.69. The van der Waals surface area contributed by atoms with Crippen molar-refractivity contribution >= 4 is 15.9 Å². The van der Waals surface area contributed by atoms with Crippen molar-refractivity contribution < 1.29 is 18.3 Å². The van der Waals surface area contributed by atoms with E-state index in [-0.39, 0.29) is 30.0 Å². The Morgan fingerprint density at radius 3 is 2.72 bits per heavy atom. The monoisotopic (exact) mass is 272 g/mol. The number of phenols is 1. The number of aryl methyl sites for hydroxylation is 1. The Morgan fingerprint density at radius 2 is 2.11 bits per heavy atom. The lowest BCUT2D eigenvalue weighted by Gasteiger charge is -2.07. The van der Waals surface area contributed by atoms with Crippen LogP contribution in [0.25, 0.3) is 0 Å². The summed E-state index contributed by atoms with van der Waals surface area (Å²) in [6.45, 7) is 1.99. The highest BCUT2D eigenvalue weighted by atomic mass is 32.2. The maximum Gasteiger partial charge on any atom is 0.255 e. The number of nitrogens with one attached hydrogen (secondary N) is 1. The van der Waals surface area contributed by atoms with Crippen molar-refractivity contribution in [3.8, 4) is 5.75 Å². The van der Waals surface area contributed by atoms with E-state index in [9.17, 15) is 18.3 Å². The van der Waals surface area contributed by atoms with Crippen LogP contribution in [0.1, 0.15) is 22.3 Å². The second-order valence-electron chi connectivity index (χ2n) is 4.00. The first-order valence-corrected chi connectivity index (χ1v) is 7.09. The topological polar surface area (TPSA) is 109 Å². The molecule has 1 amide bonds. The molecule has 0 spiro atoms. The number of phenolic OH excluding ortho intramolecular Hbond substituents is 1. The average Bonchev–Trinajstić information content (AvgIpc) is 2.26. The van der Waals surface area contributed by atoms with Gasteiger partial charge in [0.2, 0.25) is 10.0 Å². The van der Waals surface area contributed by atoms with E-state index >= 15 is 0 Å². The Hall–Kier alpha value is -1.60. The highest BCUT2D eigenvalue weighted by molar-refractivity contribution is 7.89. The number of carbonyl (C=O) groups is 1. The van der Waals surface area contributed by atoms with Gasteiger partial charge in [-0.3, -0.25) is 4.79 Å². The quantitative estimate of drug-likeness (QED) is 0.661. The third kappa shape index (κ3) is 4.72. The van der Waals surface area contributed by atoms with Crippen LogP contribution in [0.15, 0.2) is 18.2 Å². The van der Waals surface area contributed by atoms with Crippen molar-refractivity contribution in [1.82, 2.24) is 5.32 Å². The van der Waals surface area contributed by atoms with Gasteiger partial charge in [-0.05, 0) is 25.5 Å². The molecule has 0 saturated carbocycles. The fourth-order valence-electron chi connectivity index (χ4n) is 1.40. The molecule has 0 aromatic heterocycles. The van der Waals surface area contributed by atoms with Gasteiger partial charge in [0, 0.05) is 6.54 Å². The van der Waals surface area contributed by atoms with Crippen molar-refractivity contribution in [3.05, 3.63) is 29.3 Å². The predicted molar refractivity (Wildman–Crippen MR) is 67.8 cm³/mol. The van der Waals surface area contributed by atoms with Gasteiger partial charge in [0.15, 0.2) is 0 Å². The maximum absolute atomic E-state index is 11.7. The summed E-state index contributed by atoms with van der Waals surface area (Å²) in [5.74, 6) is -0.734. The molecule has 0 heterocycles. The standard InChI is InChI=1S/C11H16N2O4S/c1-8-3-4-10(14)9(7-8)11(15)13-5-2-6-18(12,16)17/h3-4,7,14H,2,5-6H2,1H3,(H,13,15)(H2,12,16,17). The Morgan fingerprint density at radius 1 is 1.44 bits per heavy atom. The number of benzene rings is 1. The minimum absolute atomic E-state index is 0.107. The lowest BCUT2D eigenvalue weighted by atomic mass is 10.1. The molecule has 1 aromatic carbocycles. The zero-order valence-electron chi connectivity index (χ0n) is 10.0. The van der Waals surface area contributed by atoms with Gasteiger partial charge in [0.1, 0.15) is 5.75 Å². The number of hydrogen-bond acceptors (Lipinski definition) is 4. The van der Waals surface area contributed by atoms with E-state index in [2.05, 4.69) is 5.32 Å². The smallest absolute Gasteiger partial charge is 0.255 e. The van der Waals surface area contributed by atoms with E-state index in [0.717, 1.165) is 5.56 Å². The molecular weight excluding hydrogens is 256 g/mol. The van der Waals surface area contributed by atoms with Crippen LogP contribution >= 0.6 is 0 Å². The third-order valence-electron chi connectivity index (χ3n) is 2.29. The average molecular weight is 272 g/mol. The van der Waals surface area contributed by atoms with E-state index in [4.69, 9.17) is 5.14 Å². The Bertz CT molecular complexity index is 540. The number of rotatable bonds is 5. The van der Waals surface area contributed by atoms with Crippen LogP contribution < -0.4 is 10.5 Å². The Balaban J connectivity index is 2.53. The summed E-state index contributed by atoms with van der Waals surface area (Å²) in [4.78, 5) is 11.7. The molecule has 0 radical (unpaired) electrons. The molecule has 4 N–H and O–H groups in total. The van der Waals surface area contributed by atoms with E-state index in [1.165, 1.54) is 6.07 Å². The minimum Gasteiger partial charge on any atom is -0.507 e. The van der Waals surface area contributed by atoms with Crippen LogP contribution in [0.5, 0.6) is 5.75 Å². The van der Waals surface area contributed by atoms with Gasteiger partial charge in [0.05, 0.1) is 11.3 Å². The summed E-state index contributed by atoms with van der Waals surface area (Å²) >= 11 is 0. The van der Waals surface area contributed by atoms with Gasteiger partial charge < -0.3 is 10.4 Å². The highest BCUT2D eigenvalue weighted by Crippen LogP contribution is 2.17. The largest absolute Gasteiger partial charge is 0.507 e. The van der Waals surface area contributed by atoms with Crippen LogP contribution in [0.3, 0.4) is 0 Å². The molecule has 0 fully saturated rings. The molecule has 6 nitrogen and oxygen atoms in total. The van der Waals surface area contributed by atoms with Crippen LogP contribution in [-0.2, 0) is 10.0 Å². The molecule has 0 bridgehead atoms. The maximum atomic E-state index is 11.7. The van der Waals surface area contributed by atoms with Crippen LogP contribution in [-0.4, -0.2) is 31.7 Å². The Labute approximate surface area is 106 Å². The SMILES string of the molecule is Cc1ccc(O)c(C(=O)NCCCS(N)(=O)=O)c1. The normalized spacial score (nSPS) is 11.2. The highest BCUT2D eigenvalue weighted by Gasteiger charge is 2.11. The summed E-state index contributed by atoms with van der Waals surface area (Å²) in [7, 11) is -3.50. The van der Waals surface area contributed by atoms with Gasteiger partial charge in [-0.2, -0.15) is 0 Å². The second kappa shape index (κ2) is 5.83. The molecule has 0 aliphatic heterocycles. The first-order chi connectivity index (χ1) is 8.29. The number of nitrogens with two attached hydrogens (primary N) is 1. The fourth-order valence-corrected chi connectivity index (χ4v) is 1.95. The second-order valence-corrected chi connectivity index (χ2v) is 5.73. The molecule has 0 aliphatic rings. The number of sulfonamides is 1. The summed E-state index contributed by atoms with van der Waals surface area (Å²) in [5, 5.41) is 16.9. The summed E-state index contributed by atoms with van der Waals surface area (Å²) in [5.41, 5.74) is 1.02. The zero-order valence-corrected chi connectivity index (χ0v) is 10.8. The number of aromatic hydroxyl groups is 1. The van der Waals surface area contributed by atoms with Gasteiger partial charge in [-0.15, -0.1) is 0 Å². The lowest BCUT2D eigenvalue weighted by Crippen LogP contribution is -2.27. The van der Waals surface area contributed by atoms with E-state index in [1.807, 2.05) is 0 Å². The Kier molecular flexibility index (Phi) is 4.69. The number of amides is 1. The van der Waals surface area contributed by atoms with Crippen LogP contribution in [0.2, 0.25) is 0 Å². The van der Waals surface area contributed by atoms with Crippen molar-refractivity contribution in [3.63, 3.8) is 0 Å². The van der Waals surface area contributed by atoms with Gasteiger partial charge in [0.25, 0.3) is 5.91 Å². The molecular formula is C11H16N2O4S. The van der Waals surface area contributed by atoms with Crippen molar-refractivity contribution in [2.75, 3.05) is 12.3 Å². The van der Waals surface area contributed by atoms with E-state index in [1.54, 1.807) is 19.1 Å².